The smallest absolute Gasteiger partial charge is 0.0608 e. The predicted octanol–water partition coefficient (Wildman–Crippen LogP) is 3.68. The lowest BCUT2D eigenvalue weighted by molar-refractivity contribution is 0.307. The molecule has 0 saturated carbocycles. The molecule has 2 aromatic carbocycles. The summed E-state index contributed by atoms with van der Waals surface area (Å²) in [6.45, 7) is 0. The molecule has 1 saturated heterocycles. The normalized spacial score (nSPS) is 22.5. The van der Waals surface area contributed by atoms with Crippen molar-refractivity contribution in [2.24, 2.45) is 5.16 Å². The number of benzene rings is 2. The minimum absolute atomic E-state index is 0.195. The molecular weight excluding hydrogens is 248 g/mol. The first-order valence-electron chi connectivity index (χ1n) is 6.92. The molecule has 0 bridgehead atoms. The molecule has 2 N–H and O–H groups in total. The van der Waals surface area contributed by atoms with Crippen molar-refractivity contribution < 1.29 is 5.21 Å². The molecule has 0 amide bonds. The molecule has 1 heterocycles. The highest BCUT2D eigenvalue weighted by Crippen LogP contribution is 2.31. The molecule has 0 spiro atoms. The molecule has 2 unspecified atom stereocenters. The second-order valence-corrected chi connectivity index (χ2v) is 5.17. The Kier molecular flexibility index (Phi) is 3.79. The van der Waals surface area contributed by atoms with Gasteiger partial charge in [-0.15, -0.1) is 0 Å². The Bertz CT molecular complexity index is 531. The molecule has 0 aromatic heterocycles. The van der Waals surface area contributed by atoms with Gasteiger partial charge >= 0.3 is 0 Å². The maximum Gasteiger partial charge on any atom is 0.0608 e. The number of piperidine rings is 1. The Labute approximate surface area is 119 Å². The van der Waals surface area contributed by atoms with E-state index >= 15 is 0 Å². The van der Waals surface area contributed by atoms with E-state index < -0.39 is 0 Å². The molecule has 102 valence electrons. The average molecular weight is 266 g/mol. The molecule has 1 aliphatic heterocycles. The van der Waals surface area contributed by atoms with Crippen LogP contribution in [0.5, 0.6) is 0 Å². The highest BCUT2D eigenvalue weighted by molar-refractivity contribution is 5.86. The largest absolute Gasteiger partial charge is 0.411 e. The Morgan fingerprint density at radius 2 is 1.25 bits per heavy atom. The van der Waals surface area contributed by atoms with Gasteiger partial charge in [0.1, 0.15) is 0 Å². The highest BCUT2D eigenvalue weighted by Gasteiger charge is 2.27. The summed E-state index contributed by atoms with van der Waals surface area (Å²) in [7, 11) is 0. The van der Waals surface area contributed by atoms with E-state index in [1.807, 2.05) is 36.4 Å². The second-order valence-electron chi connectivity index (χ2n) is 5.17. The van der Waals surface area contributed by atoms with Crippen LogP contribution in [-0.4, -0.2) is 10.9 Å². The zero-order valence-corrected chi connectivity index (χ0v) is 11.2. The maximum atomic E-state index is 9.18. The first-order valence-corrected chi connectivity index (χ1v) is 6.92. The van der Waals surface area contributed by atoms with Crippen LogP contribution >= 0.6 is 0 Å². The van der Waals surface area contributed by atoms with Gasteiger partial charge in [-0.05, 0) is 11.1 Å². The third kappa shape index (κ3) is 2.73. The van der Waals surface area contributed by atoms with Crippen molar-refractivity contribution >= 4 is 5.71 Å². The predicted molar refractivity (Wildman–Crippen MR) is 80.0 cm³/mol. The number of nitrogens with one attached hydrogen (secondary N) is 1. The highest BCUT2D eigenvalue weighted by atomic mass is 16.4. The van der Waals surface area contributed by atoms with Crippen LogP contribution < -0.4 is 5.32 Å². The minimum Gasteiger partial charge on any atom is -0.411 e. The van der Waals surface area contributed by atoms with Gasteiger partial charge in [0, 0.05) is 24.9 Å². The fourth-order valence-electron chi connectivity index (χ4n) is 2.80. The minimum atomic E-state index is 0.195. The van der Waals surface area contributed by atoms with Crippen molar-refractivity contribution in [1.29, 1.82) is 0 Å². The first kappa shape index (κ1) is 12.9. The number of hydrogen-bond donors (Lipinski definition) is 2. The monoisotopic (exact) mass is 266 g/mol. The maximum absolute atomic E-state index is 9.18. The van der Waals surface area contributed by atoms with Gasteiger partial charge in [0.25, 0.3) is 0 Å². The van der Waals surface area contributed by atoms with E-state index in [0.29, 0.717) is 0 Å². The van der Waals surface area contributed by atoms with Crippen LogP contribution in [0.4, 0.5) is 0 Å². The molecular formula is C17H18N2O. The van der Waals surface area contributed by atoms with E-state index in [1.54, 1.807) is 0 Å². The summed E-state index contributed by atoms with van der Waals surface area (Å²) < 4.78 is 0. The van der Waals surface area contributed by atoms with Gasteiger partial charge in [-0.2, -0.15) is 0 Å². The number of oxime groups is 1. The van der Waals surface area contributed by atoms with E-state index in [-0.39, 0.29) is 12.1 Å². The molecule has 3 heteroatoms. The van der Waals surface area contributed by atoms with Gasteiger partial charge in [0.2, 0.25) is 0 Å². The van der Waals surface area contributed by atoms with Crippen molar-refractivity contribution in [1.82, 2.24) is 5.32 Å². The number of rotatable bonds is 2. The van der Waals surface area contributed by atoms with E-state index in [2.05, 4.69) is 34.7 Å². The summed E-state index contributed by atoms with van der Waals surface area (Å²) in [6.07, 6.45) is 1.51. The fourth-order valence-corrected chi connectivity index (χ4v) is 2.80. The lowest BCUT2D eigenvalue weighted by atomic mass is 9.89. The van der Waals surface area contributed by atoms with E-state index in [9.17, 15) is 5.21 Å². The number of hydrogen-bond acceptors (Lipinski definition) is 3. The van der Waals surface area contributed by atoms with Crippen LogP contribution in [0.3, 0.4) is 0 Å². The van der Waals surface area contributed by atoms with Crippen molar-refractivity contribution in [2.45, 2.75) is 24.9 Å². The van der Waals surface area contributed by atoms with Gasteiger partial charge < -0.3 is 10.5 Å². The Hall–Kier alpha value is -2.13. The molecule has 0 aliphatic carbocycles. The van der Waals surface area contributed by atoms with Crippen molar-refractivity contribution in [2.75, 3.05) is 0 Å². The van der Waals surface area contributed by atoms with Crippen LogP contribution in [0.15, 0.2) is 65.8 Å². The van der Waals surface area contributed by atoms with E-state index in [4.69, 9.17) is 0 Å². The third-order valence-electron chi connectivity index (χ3n) is 3.83. The average Bonchev–Trinajstić information content (AvgIpc) is 2.56. The molecule has 2 atom stereocenters. The third-order valence-corrected chi connectivity index (χ3v) is 3.83. The summed E-state index contributed by atoms with van der Waals surface area (Å²) in [5.41, 5.74) is 3.31. The van der Waals surface area contributed by atoms with E-state index in [1.165, 1.54) is 11.1 Å². The Balaban J connectivity index is 1.87. The molecule has 20 heavy (non-hydrogen) atoms. The van der Waals surface area contributed by atoms with Crippen LogP contribution in [0.2, 0.25) is 0 Å². The van der Waals surface area contributed by atoms with Crippen LogP contribution in [0.1, 0.15) is 36.1 Å². The van der Waals surface area contributed by atoms with E-state index in [0.717, 1.165) is 18.6 Å². The molecule has 1 aliphatic rings. The topological polar surface area (TPSA) is 44.6 Å². The van der Waals surface area contributed by atoms with Gasteiger partial charge in [-0.3, -0.25) is 0 Å². The van der Waals surface area contributed by atoms with Crippen molar-refractivity contribution in [3.05, 3.63) is 71.8 Å². The first-order chi connectivity index (χ1) is 9.86. The molecule has 3 nitrogen and oxygen atoms in total. The quantitative estimate of drug-likeness (QED) is 0.643. The second kappa shape index (κ2) is 5.88. The van der Waals surface area contributed by atoms with Crippen LogP contribution in [0, 0.1) is 0 Å². The molecule has 1 fully saturated rings. The van der Waals surface area contributed by atoms with Crippen molar-refractivity contribution in [3.8, 4) is 0 Å². The van der Waals surface area contributed by atoms with Crippen molar-refractivity contribution in [3.63, 3.8) is 0 Å². The molecule has 3 rings (SSSR count). The SMILES string of the molecule is ON=C1CC(c2ccccc2)NC(c2ccccc2)C1. The Morgan fingerprint density at radius 1 is 0.800 bits per heavy atom. The van der Waals surface area contributed by atoms with Gasteiger partial charge in [0.15, 0.2) is 0 Å². The van der Waals surface area contributed by atoms with Crippen LogP contribution in [-0.2, 0) is 0 Å². The lowest BCUT2D eigenvalue weighted by Gasteiger charge is -2.32. The standard InChI is InChI=1S/C17H18N2O/c20-19-15-11-16(13-7-3-1-4-8-13)18-17(12-15)14-9-5-2-6-10-14/h1-10,16-18,20H,11-12H2. The molecule has 2 aromatic rings. The van der Waals surface area contributed by atoms with Crippen LogP contribution in [0.25, 0.3) is 0 Å². The number of nitrogens with zero attached hydrogens (tertiary/aromatic N) is 1. The molecule has 0 radical (unpaired) electrons. The summed E-state index contributed by atoms with van der Waals surface area (Å²) in [4.78, 5) is 0. The summed E-state index contributed by atoms with van der Waals surface area (Å²) in [5, 5.41) is 16.3. The zero-order valence-electron chi connectivity index (χ0n) is 11.2. The van der Waals surface area contributed by atoms with Gasteiger partial charge in [-0.1, -0.05) is 65.8 Å². The van der Waals surface area contributed by atoms with Gasteiger partial charge in [0.05, 0.1) is 5.71 Å². The summed E-state index contributed by atoms with van der Waals surface area (Å²) >= 11 is 0. The summed E-state index contributed by atoms with van der Waals surface area (Å²) in [5.74, 6) is 0. The lowest BCUT2D eigenvalue weighted by Crippen LogP contribution is -2.35. The fraction of sp³-hybridized carbons (Fsp3) is 0.235. The Morgan fingerprint density at radius 3 is 1.65 bits per heavy atom. The van der Waals surface area contributed by atoms with Gasteiger partial charge in [-0.25, -0.2) is 0 Å². The zero-order chi connectivity index (χ0) is 13.8. The summed E-state index contributed by atoms with van der Waals surface area (Å²) in [6, 6.07) is 21.0.